The molecule has 2 atom stereocenters. The zero-order valence-corrected chi connectivity index (χ0v) is 6.48. The number of hydrogen-bond acceptors (Lipinski definition) is 4. The molecule has 0 aromatic rings. The van der Waals surface area contributed by atoms with Crippen molar-refractivity contribution in [3.8, 4) is 0 Å². The van der Waals surface area contributed by atoms with Gasteiger partial charge in [0, 0.05) is 0 Å². The van der Waals surface area contributed by atoms with Crippen molar-refractivity contribution >= 4 is 6.03 Å². The van der Waals surface area contributed by atoms with Crippen LogP contribution in [0.25, 0.3) is 0 Å². The summed E-state index contributed by atoms with van der Waals surface area (Å²) in [5.74, 6) is 0. The van der Waals surface area contributed by atoms with Gasteiger partial charge in [-0.3, -0.25) is 5.43 Å². The summed E-state index contributed by atoms with van der Waals surface area (Å²) in [5, 5.41) is 18.8. The van der Waals surface area contributed by atoms with Crippen molar-refractivity contribution in [2.75, 3.05) is 0 Å². The van der Waals surface area contributed by atoms with Gasteiger partial charge >= 0.3 is 6.03 Å². The maximum Gasteiger partial charge on any atom is 0.326 e. The molecule has 0 saturated carbocycles. The van der Waals surface area contributed by atoms with E-state index >= 15 is 0 Å². The van der Waals surface area contributed by atoms with Gasteiger partial charge in [-0.1, -0.05) is 0 Å². The molecule has 6 nitrogen and oxygen atoms in total. The number of carbonyl (C=O) groups excluding carboxylic acids is 1. The van der Waals surface area contributed by atoms with Crippen LogP contribution in [0.4, 0.5) is 4.79 Å². The van der Waals surface area contributed by atoms with Gasteiger partial charge in [0.05, 0.1) is 0 Å². The van der Waals surface area contributed by atoms with Crippen LogP contribution in [0.3, 0.4) is 0 Å². The van der Waals surface area contributed by atoms with Crippen LogP contribution in [-0.4, -0.2) is 33.7 Å². The Kier molecular flexibility index (Phi) is 3.80. The molecule has 0 aliphatic heterocycles. The van der Waals surface area contributed by atoms with Crippen molar-refractivity contribution in [1.29, 1.82) is 0 Å². The van der Waals surface area contributed by atoms with Gasteiger partial charge in [0.15, 0.2) is 0 Å². The summed E-state index contributed by atoms with van der Waals surface area (Å²) in [7, 11) is 0. The van der Waals surface area contributed by atoms with E-state index in [0.717, 1.165) is 5.01 Å². The maximum absolute atomic E-state index is 10.3. The minimum absolute atomic E-state index is 0.827. The molecule has 0 fully saturated rings. The summed E-state index contributed by atoms with van der Waals surface area (Å²) in [6.07, 6.45) is -1.97. The lowest BCUT2D eigenvalue weighted by Gasteiger charge is -2.27. The van der Waals surface area contributed by atoms with Crippen molar-refractivity contribution in [3.05, 3.63) is 0 Å². The first kappa shape index (κ1) is 10.2. The predicted octanol–water partition coefficient (Wildman–Crippen LogP) is -1.45. The van der Waals surface area contributed by atoms with E-state index in [1.54, 1.807) is 0 Å². The van der Waals surface area contributed by atoms with Crippen LogP contribution in [0.5, 0.6) is 0 Å². The first-order chi connectivity index (χ1) is 4.95. The highest BCUT2D eigenvalue weighted by molar-refractivity contribution is 5.70. The van der Waals surface area contributed by atoms with Gasteiger partial charge in [-0.25, -0.2) is 4.79 Å². The van der Waals surface area contributed by atoms with Crippen molar-refractivity contribution < 1.29 is 15.0 Å². The van der Waals surface area contributed by atoms with Crippen LogP contribution in [0.15, 0.2) is 0 Å². The SMILES string of the molecule is CC(O)N(NC(N)=O)C(C)O. The molecule has 0 aliphatic rings. The Balaban J connectivity index is 4.00. The molecule has 0 aromatic heterocycles. The van der Waals surface area contributed by atoms with Crippen LogP contribution < -0.4 is 11.2 Å². The van der Waals surface area contributed by atoms with Crippen LogP contribution in [0, 0.1) is 0 Å². The average molecular weight is 163 g/mol. The first-order valence-corrected chi connectivity index (χ1v) is 3.15. The standard InChI is InChI=1S/C5H13N3O3/c1-3(9)8(4(2)10)7-5(6)11/h3-4,9-10H,1-2H3,(H3,6,7,11). The molecule has 2 unspecified atom stereocenters. The summed E-state index contributed by atoms with van der Waals surface area (Å²) in [4.78, 5) is 10.3. The minimum atomic E-state index is -0.984. The van der Waals surface area contributed by atoms with Gasteiger partial charge < -0.3 is 15.9 Å². The molecule has 0 aliphatic carbocycles. The number of aliphatic hydroxyl groups excluding tert-OH is 2. The Morgan fingerprint density at radius 1 is 1.45 bits per heavy atom. The number of nitrogens with one attached hydrogen (secondary N) is 1. The fourth-order valence-corrected chi connectivity index (χ4v) is 0.626. The average Bonchev–Trinajstić information content (AvgIpc) is 1.81. The van der Waals surface area contributed by atoms with E-state index in [9.17, 15) is 4.79 Å². The number of carbonyl (C=O) groups is 1. The van der Waals surface area contributed by atoms with E-state index in [4.69, 9.17) is 15.9 Å². The quantitative estimate of drug-likeness (QED) is 0.302. The van der Waals surface area contributed by atoms with Crippen LogP contribution in [0.1, 0.15) is 13.8 Å². The number of nitrogens with two attached hydrogens (primary N) is 1. The van der Waals surface area contributed by atoms with Crippen molar-refractivity contribution in [3.63, 3.8) is 0 Å². The molecule has 0 rings (SSSR count). The third-order valence-electron chi connectivity index (χ3n) is 1.04. The monoisotopic (exact) mass is 163 g/mol. The smallest absolute Gasteiger partial charge is 0.326 e. The Labute approximate surface area is 64.6 Å². The van der Waals surface area contributed by atoms with E-state index in [-0.39, 0.29) is 0 Å². The second kappa shape index (κ2) is 4.12. The molecule has 11 heavy (non-hydrogen) atoms. The van der Waals surface area contributed by atoms with Gasteiger partial charge in [0.1, 0.15) is 12.5 Å². The highest BCUT2D eigenvalue weighted by atomic mass is 16.3. The highest BCUT2D eigenvalue weighted by Gasteiger charge is 2.16. The largest absolute Gasteiger partial charge is 0.377 e. The molecule has 5 N–H and O–H groups in total. The van der Waals surface area contributed by atoms with E-state index in [1.165, 1.54) is 13.8 Å². The summed E-state index contributed by atoms with van der Waals surface area (Å²) >= 11 is 0. The Morgan fingerprint density at radius 2 is 1.82 bits per heavy atom. The third kappa shape index (κ3) is 3.76. The van der Waals surface area contributed by atoms with E-state index in [1.807, 2.05) is 0 Å². The summed E-state index contributed by atoms with van der Waals surface area (Å²) in [5.41, 5.74) is 6.81. The molecule has 0 radical (unpaired) electrons. The summed E-state index contributed by atoms with van der Waals surface area (Å²) < 4.78 is 0. The van der Waals surface area contributed by atoms with E-state index < -0.39 is 18.5 Å². The lowest BCUT2D eigenvalue weighted by atomic mass is 10.5. The Morgan fingerprint density at radius 3 is 1.91 bits per heavy atom. The highest BCUT2D eigenvalue weighted by Crippen LogP contribution is 1.94. The van der Waals surface area contributed by atoms with Crippen LogP contribution in [-0.2, 0) is 0 Å². The lowest BCUT2D eigenvalue weighted by Crippen LogP contribution is -2.53. The Bertz CT molecular complexity index is 129. The van der Waals surface area contributed by atoms with Crippen LogP contribution >= 0.6 is 0 Å². The zero-order chi connectivity index (χ0) is 9.02. The number of rotatable bonds is 3. The molecular weight excluding hydrogens is 150 g/mol. The van der Waals surface area contributed by atoms with Crippen LogP contribution in [0.2, 0.25) is 0 Å². The fourth-order valence-electron chi connectivity index (χ4n) is 0.626. The molecule has 6 heteroatoms. The number of hydrazine groups is 1. The number of amides is 2. The van der Waals surface area contributed by atoms with Gasteiger partial charge in [-0.2, -0.15) is 5.01 Å². The molecule has 0 bridgehead atoms. The molecule has 0 aromatic carbocycles. The zero-order valence-electron chi connectivity index (χ0n) is 6.48. The fraction of sp³-hybridized carbons (Fsp3) is 0.800. The topological polar surface area (TPSA) is 98.8 Å². The summed E-state index contributed by atoms with van der Waals surface area (Å²) in [6.45, 7) is 2.78. The molecule has 0 heterocycles. The van der Waals surface area contributed by atoms with Gasteiger partial charge in [-0.05, 0) is 13.8 Å². The number of urea groups is 1. The van der Waals surface area contributed by atoms with Crippen molar-refractivity contribution in [1.82, 2.24) is 10.4 Å². The second-order valence-corrected chi connectivity index (χ2v) is 2.15. The molecule has 0 saturated heterocycles. The van der Waals surface area contributed by atoms with Gasteiger partial charge in [-0.15, -0.1) is 0 Å². The predicted molar refractivity (Wildman–Crippen MR) is 37.9 cm³/mol. The van der Waals surface area contributed by atoms with Crippen molar-refractivity contribution in [2.24, 2.45) is 5.73 Å². The van der Waals surface area contributed by atoms with Gasteiger partial charge in [0.25, 0.3) is 0 Å². The minimum Gasteiger partial charge on any atom is -0.377 e. The molecule has 2 amide bonds. The number of primary amides is 1. The van der Waals surface area contributed by atoms with E-state index in [2.05, 4.69) is 5.43 Å². The maximum atomic E-state index is 10.3. The first-order valence-electron chi connectivity index (χ1n) is 3.15. The molecule has 66 valence electrons. The number of aliphatic hydroxyl groups is 2. The summed E-state index contributed by atoms with van der Waals surface area (Å²) in [6, 6.07) is -0.827. The number of hydrogen-bond donors (Lipinski definition) is 4. The molecule has 0 spiro atoms. The molecular formula is C5H13N3O3. The Hall–Kier alpha value is -0.850. The number of nitrogens with zero attached hydrogens (tertiary/aromatic N) is 1. The normalized spacial score (nSPS) is 16.1. The second-order valence-electron chi connectivity index (χ2n) is 2.15. The third-order valence-corrected chi connectivity index (χ3v) is 1.04. The van der Waals surface area contributed by atoms with E-state index in [0.29, 0.717) is 0 Å². The van der Waals surface area contributed by atoms with Crippen molar-refractivity contribution in [2.45, 2.75) is 26.3 Å². The lowest BCUT2D eigenvalue weighted by molar-refractivity contribution is -0.106. The van der Waals surface area contributed by atoms with Gasteiger partial charge in [0.2, 0.25) is 0 Å².